The normalized spacial score (nSPS) is 11.1. The van der Waals surface area contributed by atoms with E-state index in [1.54, 1.807) is 24.6 Å². The summed E-state index contributed by atoms with van der Waals surface area (Å²) in [5, 5.41) is 12.0. The molecule has 3 heterocycles. The van der Waals surface area contributed by atoms with Crippen molar-refractivity contribution in [2.24, 2.45) is 0 Å². The summed E-state index contributed by atoms with van der Waals surface area (Å²) >= 11 is 1.27. The van der Waals surface area contributed by atoms with E-state index in [1.165, 1.54) is 17.6 Å². The molecule has 2 N–H and O–H groups in total. The van der Waals surface area contributed by atoms with Crippen LogP contribution in [0, 0.1) is 6.92 Å². The van der Waals surface area contributed by atoms with Crippen LogP contribution >= 0.6 is 11.3 Å². The van der Waals surface area contributed by atoms with Crippen molar-refractivity contribution in [2.75, 3.05) is 30.3 Å². The molecule has 0 spiro atoms. The lowest BCUT2D eigenvalue weighted by Gasteiger charge is -2.17. The molecule has 3 rings (SSSR count). The fourth-order valence-electron chi connectivity index (χ4n) is 2.93. The van der Waals surface area contributed by atoms with Crippen LogP contribution < -0.4 is 10.6 Å². The molecule has 0 fully saturated rings. The Bertz CT molecular complexity index is 988. The highest BCUT2D eigenvalue weighted by Gasteiger charge is 2.15. The van der Waals surface area contributed by atoms with Gasteiger partial charge in [-0.05, 0) is 26.1 Å². The Morgan fingerprint density at radius 3 is 2.77 bits per heavy atom. The summed E-state index contributed by atoms with van der Waals surface area (Å²) in [5.74, 6) is 0.0668. The summed E-state index contributed by atoms with van der Waals surface area (Å²) in [7, 11) is 0. The summed E-state index contributed by atoms with van der Waals surface area (Å²) in [6.07, 6.45) is 5.04. The van der Waals surface area contributed by atoms with Crippen LogP contribution in [-0.2, 0) is 17.8 Å². The molecule has 9 nitrogen and oxygen atoms in total. The van der Waals surface area contributed by atoms with Gasteiger partial charge in [-0.25, -0.2) is 4.98 Å². The predicted molar refractivity (Wildman–Crippen MR) is 116 cm³/mol. The number of nitrogens with zero attached hydrogens (tertiary/aromatic N) is 4. The van der Waals surface area contributed by atoms with Gasteiger partial charge < -0.3 is 14.6 Å². The SMILES string of the molecule is CCN(CC)CCn1cc(NC(=O)Cc2csc(NC(=O)c3ccoc3C)n2)cn1. The van der Waals surface area contributed by atoms with E-state index in [0.29, 0.717) is 27.8 Å². The third-order valence-electron chi connectivity index (χ3n) is 4.67. The van der Waals surface area contributed by atoms with Gasteiger partial charge in [0.05, 0.1) is 42.4 Å². The zero-order valence-corrected chi connectivity index (χ0v) is 18.2. The molecular weight excluding hydrogens is 404 g/mol. The number of carbonyl (C=O) groups excluding carboxylic acids is 2. The molecule has 160 valence electrons. The smallest absolute Gasteiger partial charge is 0.260 e. The molecule has 0 atom stereocenters. The number of hydrogen-bond acceptors (Lipinski definition) is 7. The first-order valence-electron chi connectivity index (χ1n) is 9.83. The van der Waals surface area contributed by atoms with Crippen LogP contribution in [-0.4, -0.2) is 51.1 Å². The monoisotopic (exact) mass is 430 g/mol. The topological polar surface area (TPSA) is 105 Å². The number of furan rings is 1. The second kappa shape index (κ2) is 10.2. The van der Waals surface area contributed by atoms with Gasteiger partial charge in [-0.2, -0.15) is 5.10 Å². The minimum atomic E-state index is -0.288. The van der Waals surface area contributed by atoms with Gasteiger partial charge in [-0.15, -0.1) is 11.3 Å². The highest BCUT2D eigenvalue weighted by atomic mass is 32.1. The third kappa shape index (κ3) is 5.77. The van der Waals surface area contributed by atoms with Gasteiger partial charge in [0.15, 0.2) is 5.13 Å². The number of nitrogens with one attached hydrogen (secondary N) is 2. The molecule has 0 saturated heterocycles. The second-order valence-corrected chi connectivity index (χ2v) is 7.59. The number of aromatic nitrogens is 3. The lowest BCUT2D eigenvalue weighted by atomic mass is 10.2. The van der Waals surface area contributed by atoms with Crippen molar-refractivity contribution in [2.45, 2.75) is 33.7 Å². The van der Waals surface area contributed by atoms with Crippen LogP contribution in [0.3, 0.4) is 0 Å². The van der Waals surface area contributed by atoms with Crippen LogP contribution in [0.1, 0.15) is 35.7 Å². The summed E-state index contributed by atoms with van der Waals surface area (Å²) < 4.78 is 6.96. The van der Waals surface area contributed by atoms with E-state index < -0.39 is 0 Å². The van der Waals surface area contributed by atoms with Crippen molar-refractivity contribution < 1.29 is 14.0 Å². The van der Waals surface area contributed by atoms with Crippen LogP contribution in [0.5, 0.6) is 0 Å². The molecule has 0 unspecified atom stereocenters. The van der Waals surface area contributed by atoms with Gasteiger partial charge in [-0.1, -0.05) is 13.8 Å². The van der Waals surface area contributed by atoms with E-state index in [4.69, 9.17) is 4.42 Å². The largest absolute Gasteiger partial charge is 0.469 e. The highest BCUT2D eigenvalue weighted by molar-refractivity contribution is 7.14. The fraction of sp³-hybridized carbons (Fsp3) is 0.400. The number of carbonyl (C=O) groups is 2. The number of thiazole rings is 1. The molecule has 0 aliphatic heterocycles. The van der Waals surface area contributed by atoms with E-state index in [-0.39, 0.29) is 18.2 Å². The maximum absolute atomic E-state index is 12.3. The van der Waals surface area contributed by atoms with E-state index in [2.05, 4.69) is 39.5 Å². The molecule has 0 radical (unpaired) electrons. The van der Waals surface area contributed by atoms with E-state index in [1.807, 2.05) is 10.9 Å². The first kappa shape index (κ1) is 21.7. The number of hydrogen-bond donors (Lipinski definition) is 2. The number of amides is 2. The maximum atomic E-state index is 12.3. The highest BCUT2D eigenvalue weighted by Crippen LogP contribution is 2.18. The number of likely N-dealkylation sites (N-methyl/N-ethyl adjacent to an activating group) is 1. The summed E-state index contributed by atoms with van der Waals surface area (Å²) in [5.41, 5.74) is 1.70. The Kier molecular flexibility index (Phi) is 7.36. The zero-order valence-electron chi connectivity index (χ0n) is 17.3. The predicted octanol–water partition coefficient (Wildman–Crippen LogP) is 3.02. The van der Waals surface area contributed by atoms with Gasteiger partial charge in [0, 0.05) is 18.1 Å². The van der Waals surface area contributed by atoms with Crippen molar-refractivity contribution >= 4 is 34.0 Å². The van der Waals surface area contributed by atoms with Crippen molar-refractivity contribution in [3.8, 4) is 0 Å². The van der Waals surface area contributed by atoms with Gasteiger partial charge in [-0.3, -0.25) is 19.6 Å². The summed E-state index contributed by atoms with van der Waals surface area (Å²) in [4.78, 5) is 31.2. The van der Waals surface area contributed by atoms with Crippen LogP contribution in [0.4, 0.5) is 10.8 Å². The van der Waals surface area contributed by atoms with E-state index in [9.17, 15) is 9.59 Å². The van der Waals surface area contributed by atoms with Gasteiger partial charge in [0.1, 0.15) is 5.76 Å². The van der Waals surface area contributed by atoms with Crippen LogP contribution in [0.2, 0.25) is 0 Å². The average molecular weight is 431 g/mol. The van der Waals surface area contributed by atoms with Crippen LogP contribution in [0.15, 0.2) is 34.5 Å². The third-order valence-corrected chi connectivity index (χ3v) is 5.48. The van der Waals surface area contributed by atoms with E-state index in [0.717, 1.165) is 26.2 Å². The molecule has 0 bridgehead atoms. The van der Waals surface area contributed by atoms with Crippen molar-refractivity contribution in [1.29, 1.82) is 0 Å². The molecule has 3 aromatic rings. The quantitative estimate of drug-likeness (QED) is 0.512. The Morgan fingerprint density at radius 1 is 1.27 bits per heavy atom. The van der Waals surface area contributed by atoms with Crippen molar-refractivity contribution in [3.05, 3.63) is 47.1 Å². The molecule has 10 heteroatoms. The molecule has 2 amide bonds. The van der Waals surface area contributed by atoms with Gasteiger partial charge in [0.2, 0.25) is 5.91 Å². The second-order valence-electron chi connectivity index (χ2n) is 6.73. The minimum absolute atomic E-state index is 0.113. The number of rotatable bonds is 10. The Labute approximate surface area is 179 Å². The molecular formula is C20H26N6O3S. The molecule has 30 heavy (non-hydrogen) atoms. The van der Waals surface area contributed by atoms with Gasteiger partial charge >= 0.3 is 0 Å². The van der Waals surface area contributed by atoms with Crippen LogP contribution in [0.25, 0.3) is 0 Å². The van der Waals surface area contributed by atoms with Crippen molar-refractivity contribution in [3.63, 3.8) is 0 Å². The zero-order chi connectivity index (χ0) is 21.5. The maximum Gasteiger partial charge on any atom is 0.260 e. The fourth-order valence-corrected chi connectivity index (χ4v) is 3.64. The minimum Gasteiger partial charge on any atom is -0.469 e. The molecule has 3 aromatic heterocycles. The number of anilines is 2. The van der Waals surface area contributed by atoms with Gasteiger partial charge in [0.25, 0.3) is 5.91 Å². The Morgan fingerprint density at radius 2 is 2.07 bits per heavy atom. The summed E-state index contributed by atoms with van der Waals surface area (Å²) in [6, 6.07) is 1.61. The molecule has 0 aromatic carbocycles. The standard InChI is InChI=1S/C20H26N6O3S/c1-4-25(5-2)7-8-26-12-16(11-21-26)22-18(27)10-15-13-30-20(23-15)24-19(28)17-6-9-29-14(17)3/h6,9,11-13H,4-5,7-8,10H2,1-3H3,(H,22,27)(H,23,24,28). The lowest BCUT2D eigenvalue weighted by Crippen LogP contribution is -2.27. The van der Waals surface area contributed by atoms with E-state index >= 15 is 0 Å². The average Bonchev–Trinajstić information content (AvgIpc) is 3.45. The first-order valence-corrected chi connectivity index (χ1v) is 10.7. The lowest BCUT2D eigenvalue weighted by molar-refractivity contribution is -0.115. The molecule has 0 saturated carbocycles. The Balaban J connectivity index is 1.49. The van der Waals surface area contributed by atoms with Crippen molar-refractivity contribution in [1.82, 2.24) is 19.7 Å². The Hall–Kier alpha value is -2.98. The molecule has 0 aliphatic carbocycles. The molecule has 0 aliphatic rings. The number of aryl methyl sites for hydroxylation is 1. The first-order chi connectivity index (χ1) is 14.5. The summed E-state index contributed by atoms with van der Waals surface area (Å²) in [6.45, 7) is 9.66.